The molecule has 3 nitrogen and oxygen atoms in total. The smallest absolute Gasteiger partial charge is 0.148 e. The van der Waals surface area contributed by atoms with Gasteiger partial charge in [-0.3, -0.25) is 0 Å². The maximum absolute atomic E-state index is 13.8. The first-order valence-electron chi connectivity index (χ1n) is 6.09. The van der Waals surface area contributed by atoms with Crippen LogP contribution in [0.5, 0.6) is 0 Å². The molecule has 0 aliphatic heterocycles. The zero-order valence-corrected chi connectivity index (χ0v) is 10.8. The molecule has 0 amide bonds. The van der Waals surface area contributed by atoms with Crippen LogP contribution < -0.4 is 11.1 Å². The van der Waals surface area contributed by atoms with Gasteiger partial charge in [0.25, 0.3) is 0 Å². The fourth-order valence-electron chi connectivity index (χ4n) is 1.85. The van der Waals surface area contributed by atoms with E-state index in [1.165, 1.54) is 6.07 Å². The largest absolute Gasteiger partial charge is 0.399 e. The minimum absolute atomic E-state index is 0.360. The van der Waals surface area contributed by atoms with Crippen LogP contribution in [0.2, 0.25) is 0 Å². The van der Waals surface area contributed by atoms with Gasteiger partial charge in [0.05, 0.1) is 12.3 Å². The van der Waals surface area contributed by atoms with E-state index in [2.05, 4.69) is 5.32 Å². The Balaban J connectivity index is 2.22. The first-order chi connectivity index (χ1) is 9.20. The zero-order chi connectivity index (χ0) is 13.7. The standard InChI is InChI=1S/C15H17FN2O/c1-19-9-8-11-4-2-3-5-14(11)18-15-7-6-12(17)10-13(15)16/h2-7,10,18H,8-9,17H2,1H3. The highest BCUT2D eigenvalue weighted by atomic mass is 19.1. The summed E-state index contributed by atoms with van der Waals surface area (Å²) in [4.78, 5) is 0. The molecule has 0 unspecified atom stereocenters. The monoisotopic (exact) mass is 260 g/mol. The molecule has 2 aromatic rings. The van der Waals surface area contributed by atoms with E-state index in [4.69, 9.17) is 10.5 Å². The molecular weight excluding hydrogens is 243 g/mol. The lowest BCUT2D eigenvalue weighted by Crippen LogP contribution is -2.01. The van der Waals surface area contributed by atoms with Gasteiger partial charge in [0.15, 0.2) is 0 Å². The lowest BCUT2D eigenvalue weighted by Gasteiger charge is -2.12. The Morgan fingerprint density at radius 1 is 1.16 bits per heavy atom. The predicted octanol–water partition coefficient (Wildman–Crippen LogP) is 3.34. The van der Waals surface area contributed by atoms with E-state index in [1.807, 2.05) is 24.3 Å². The van der Waals surface area contributed by atoms with Crippen LogP contribution in [0, 0.1) is 5.82 Å². The van der Waals surface area contributed by atoms with Crippen LogP contribution in [0.15, 0.2) is 42.5 Å². The molecular formula is C15H17FN2O. The number of methoxy groups -OCH3 is 1. The van der Waals surface area contributed by atoms with Gasteiger partial charge < -0.3 is 15.8 Å². The molecule has 0 radical (unpaired) electrons. The molecule has 0 heterocycles. The molecule has 2 aromatic carbocycles. The van der Waals surface area contributed by atoms with Crippen LogP contribution in [-0.4, -0.2) is 13.7 Å². The summed E-state index contributed by atoms with van der Waals surface area (Å²) in [5.74, 6) is -0.360. The van der Waals surface area contributed by atoms with Gasteiger partial charge in [-0.2, -0.15) is 0 Å². The van der Waals surface area contributed by atoms with Gasteiger partial charge in [0, 0.05) is 18.5 Å². The molecule has 19 heavy (non-hydrogen) atoms. The van der Waals surface area contributed by atoms with Crippen LogP contribution in [0.3, 0.4) is 0 Å². The first-order valence-corrected chi connectivity index (χ1v) is 6.09. The van der Waals surface area contributed by atoms with Gasteiger partial charge in [-0.15, -0.1) is 0 Å². The van der Waals surface area contributed by atoms with Crippen molar-refractivity contribution in [1.29, 1.82) is 0 Å². The summed E-state index contributed by atoms with van der Waals surface area (Å²) in [6, 6.07) is 12.4. The van der Waals surface area contributed by atoms with Crippen molar-refractivity contribution in [2.24, 2.45) is 0 Å². The summed E-state index contributed by atoms with van der Waals surface area (Å²) in [6.07, 6.45) is 0.774. The summed E-state index contributed by atoms with van der Waals surface area (Å²) in [5, 5.41) is 3.09. The number of nitrogen functional groups attached to an aromatic ring is 1. The van der Waals surface area contributed by atoms with E-state index in [9.17, 15) is 4.39 Å². The number of anilines is 3. The van der Waals surface area contributed by atoms with Gasteiger partial charge in [-0.05, 0) is 36.2 Å². The summed E-state index contributed by atoms with van der Waals surface area (Å²) in [7, 11) is 1.66. The lowest BCUT2D eigenvalue weighted by molar-refractivity contribution is 0.202. The number of hydrogen-bond donors (Lipinski definition) is 2. The van der Waals surface area contributed by atoms with Crippen molar-refractivity contribution in [3.8, 4) is 0 Å². The maximum atomic E-state index is 13.8. The van der Waals surface area contributed by atoms with Gasteiger partial charge in [0.1, 0.15) is 5.82 Å². The summed E-state index contributed by atoms with van der Waals surface area (Å²) in [5.41, 5.74) is 8.32. The lowest BCUT2D eigenvalue weighted by atomic mass is 10.1. The van der Waals surface area contributed by atoms with Gasteiger partial charge in [-0.25, -0.2) is 4.39 Å². The second kappa shape index (κ2) is 6.20. The van der Waals surface area contributed by atoms with E-state index >= 15 is 0 Å². The van der Waals surface area contributed by atoms with Crippen molar-refractivity contribution in [1.82, 2.24) is 0 Å². The Kier molecular flexibility index (Phi) is 4.36. The molecule has 2 rings (SSSR count). The minimum Gasteiger partial charge on any atom is -0.399 e. The maximum Gasteiger partial charge on any atom is 0.148 e. The molecule has 0 spiro atoms. The van der Waals surface area contributed by atoms with Crippen molar-refractivity contribution < 1.29 is 9.13 Å². The number of nitrogens with two attached hydrogens (primary N) is 1. The number of rotatable bonds is 5. The van der Waals surface area contributed by atoms with Gasteiger partial charge >= 0.3 is 0 Å². The third-order valence-corrected chi connectivity index (χ3v) is 2.86. The Hall–Kier alpha value is -2.07. The molecule has 0 bridgehead atoms. The van der Waals surface area contributed by atoms with Crippen molar-refractivity contribution in [3.05, 3.63) is 53.8 Å². The van der Waals surface area contributed by atoms with Gasteiger partial charge in [-0.1, -0.05) is 18.2 Å². The van der Waals surface area contributed by atoms with E-state index in [0.29, 0.717) is 18.0 Å². The van der Waals surface area contributed by atoms with Crippen molar-refractivity contribution in [2.45, 2.75) is 6.42 Å². The Morgan fingerprint density at radius 2 is 1.95 bits per heavy atom. The molecule has 3 N–H and O–H groups in total. The zero-order valence-electron chi connectivity index (χ0n) is 10.8. The molecule has 0 aliphatic rings. The summed E-state index contributed by atoms with van der Waals surface area (Å²) < 4.78 is 18.8. The topological polar surface area (TPSA) is 47.3 Å². The molecule has 0 aromatic heterocycles. The van der Waals surface area contributed by atoms with Crippen LogP contribution in [0.4, 0.5) is 21.5 Å². The quantitative estimate of drug-likeness (QED) is 0.810. The second-order valence-corrected chi connectivity index (χ2v) is 4.26. The van der Waals surface area contributed by atoms with Crippen LogP contribution in [0.1, 0.15) is 5.56 Å². The van der Waals surface area contributed by atoms with Crippen LogP contribution in [-0.2, 0) is 11.2 Å². The fraction of sp³-hybridized carbons (Fsp3) is 0.200. The van der Waals surface area contributed by atoms with Crippen LogP contribution >= 0.6 is 0 Å². The average molecular weight is 260 g/mol. The Morgan fingerprint density at radius 3 is 2.68 bits per heavy atom. The second-order valence-electron chi connectivity index (χ2n) is 4.26. The average Bonchev–Trinajstić information content (AvgIpc) is 2.41. The third-order valence-electron chi connectivity index (χ3n) is 2.86. The van der Waals surface area contributed by atoms with E-state index in [-0.39, 0.29) is 5.82 Å². The van der Waals surface area contributed by atoms with E-state index in [1.54, 1.807) is 19.2 Å². The Bertz CT molecular complexity index is 558. The summed E-state index contributed by atoms with van der Waals surface area (Å²) >= 11 is 0. The summed E-state index contributed by atoms with van der Waals surface area (Å²) in [6.45, 7) is 0.628. The predicted molar refractivity (Wildman–Crippen MR) is 76.1 cm³/mol. The molecule has 0 fully saturated rings. The number of para-hydroxylation sites is 1. The van der Waals surface area contributed by atoms with E-state index < -0.39 is 0 Å². The number of ether oxygens (including phenoxy) is 1. The molecule has 100 valence electrons. The fourth-order valence-corrected chi connectivity index (χ4v) is 1.85. The highest BCUT2D eigenvalue weighted by Gasteiger charge is 2.06. The molecule has 0 saturated heterocycles. The number of hydrogen-bond acceptors (Lipinski definition) is 3. The highest BCUT2D eigenvalue weighted by molar-refractivity contribution is 5.65. The molecule has 0 aliphatic carbocycles. The number of halogens is 1. The molecule has 0 atom stereocenters. The normalized spacial score (nSPS) is 10.4. The Labute approximate surface area is 112 Å². The minimum atomic E-state index is -0.360. The third kappa shape index (κ3) is 3.45. The van der Waals surface area contributed by atoms with Crippen molar-refractivity contribution >= 4 is 17.1 Å². The number of benzene rings is 2. The van der Waals surface area contributed by atoms with Gasteiger partial charge in [0.2, 0.25) is 0 Å². The molecule has 0 saturated carbocycles. The van der Waals surface area contributed by atoms with E-state index in [0.717, 1.165) is 17.7 Å². The first kappa shape index (κ1) is 13.4. The van der Waals surface area contributed by atoms with Crippen molar-refractivity contribution in [3.63, 3.8) is 0 Å². The number of nitrogens with one attached hydrogen (secondary N) is 1. The molecule has 4 heteroatoms. The van der Waals surface area contributed by atoms with Crippen molar-refractivity contribution in [2.75, 3.05) is 24.8 Å². The highest BCUT2D eigenvalue weighted by Crippen LogP contribution is 2.24. The SMILES string of the molecule is COCCc1ccccc1Nc1ccc(N)cc1F. The van der Waals surface area contributed by atoms with Crippen LogP contribution in [0.25, 0.3) is 0 Å².